The van der Waals surface area contributed by atoms with E-state index in [1.165, 1.54) is 6.07 Å². The molecule has 0 saturated carbocycles. The zero-order valence-electron chi connectivity index (χ0n) is 9.15. The largest absolute Gasteiger partial charge is 0.478 e. The number of carboxylic acids is 1. The number of halogens is 2. The lowest BCUT2D eigenvalue weighted by atomic mass is 10.1. The van der Waals surface area contributed by atoms with E-state index in [-0.39, 0.29) is 5.56 Å². The van der Waals surface area contributed by atoms with Crippen LogP contribution in [0.1, 0.15) is 10.4 Å². The molecular weight excluding hydrogens is 365 g/mol. The molecule has 0 aliphatic rings. The van der Waals surface area contributed by atoms with Crippen LogP contribution in [0.5, 0.6) is 0 Å². The molecule has 0 aliphatic carbocycles. The van der Waals surface area contributed by atoms with Crippen LogP contribution in [0.3, 0.4) is 0 Å². The zero-order valence-corrected chi connectivity index (χ0v) is 12.1. The molecule has 0 amide bonds. The van der Waals surface area contributed by atoms with Gasteiger partial charge < -0.3 is 10.4 Å². The van der Waals surface area contributed by atoms with Gasteiger partial charge in [-0.1, -0.05) is 17.7 Å². The third-order valence-electron chi connectivity index (χ3n) is 2.32. The molecule has 92 valence electrons. The fraction of sp³-hybridized carbons (Fsp3) is 0. The molecule has 3 nitrogen and oxygen atoms in total. The molecule has 2 aromatic rings. The minimum atomic E-state index is -1.01. The summed E-state index contributed by atoms with van der Waals surface area (Å²) in [5, 5.41) is 12.6. The number of hydrogen-bond donors (Lipinski definition) is 2. The van der Waals surface area contributed by atoms with E-state index in [2.05, 4.69) is 27.9 Å². The fourth-order valence-corrected chi connectivity index (χ4v) is 2.24. The third kappa shape index (κ3) is 3.14. The van der Waals surface area contributed by atoms with Gasteiger partial charge in [-0.15, -0.1) is 0 Å². The van der Waals surface area contributed by atoms with Gasteiger partial charge in [-0.05, 0) is 59.0 Å². The number of rotatable bonds is 3. The Morgan fingerprint density at radius 3 is 2.67 bits per heavy atom. The summed E-state index contributed by atoms with van der Waals surface area (Å²) in [5.41, 5.74) is 1.52. The standard InChI is InChI=1S/C13H9ClINO2/c14-8-4-5-12(11(6-8)13(17)18)16-10-3-1-2-9(15)7-10/h1-7,16H,(H,17,18). The monoisotopic (exact) mass is 373 g/mol. The highest BCUT2D eigenvalue weighted by molar-refractivity contribution is 14.1. The minimum Gasteiger partial charge on any atom is -0.478 e. The highest BCUT2D eigenvalue weighted by Crippen LogP contribution is 2.25. The Labute approximate surface area is 123 Å². The third-order valence-corrected chi connectivity index (χ3v) is 3.22. The smallest absolute Gasteiger partial charge is 0.337 e. The molecule has 0 fully saturated rings. The molecule has 2 N–H and O–H groups in total. The van der Waals surface area contributed by atoms with Gasteiger partial charge in [0.1, 0.15) is 0 Å². The Morgan fingerprint density at radius 1 is 1.22 bits per heavy atom. The molecule has 5 heteroatoms. The molecule has 0 bridgehead atoms. The second-order valence-electron chi connectivity index (χ2n) is 3.63. The highest BCUT2D eigenvalue weighted by atomic mass is 127. The van der Waals surface area contributed by atoms with E-state index in [9.17, 15) is 4.79 Å². The van der Waals surface area contributed by atoms with Gasteiger partial charge in [0.15, 0.2) is 0 Å². The summed E-state index contributed by atoms with van der Waals surface area (Å²) in [6.07, 6.45) is 0. The summed E-state index contributed by atoms with van der Waals surface area (Å²) >= 11 is 7.99. The molecule has 0 radical (unpaired) electrons. The summed E-state index contributed by atoms with van der Waals surface area (Å²) in [5.74, 6) is -1.01. The van der Waals surface area contributed by atoms with Gasteiger partial charge in [0.25, 0.3) is 0 Å². The Balaban J connectivity index is 2.37. The van der Waals surface area contributed by atoms with Gasteiger partial charge >= 0.3 is 5.97 Å². The summed E-state index contributed by atoms with van der Waals surface area (Å²) in [6.45, 7) is 0. The van der Waals surface area contributed by atoms with Crippen LogP contribution >= 0.6 is 34.2 Å². The SMILES string of the molecule is O=C(O)c1cc(Cl)ccc1Nc1cccc(I)c1. The molecule has 0 aliphatic heterocycles. The summed E-state index contributed by atoms with van der Waals surface area (Å²) in [4.78, 5) is 11.1. The Morgan fingerprint density at radius 2 is 2.00 bits per heavy atom. The average molecular weight is 374 g/mol. The van der Waals surface area contributed by atoms with Gasteiger partial charge in [-0.25, -0.2) is 4.79 Å². The lowest BCUT2D eigenvalue weighted by Gasteiger charge is -2.10. The summed E-state index contributed by atoms with van der Waals surface area (Å²) in [7, 11) is 0. The summed E-state index contributed by atoms with van der Waals surface area (Å²) < 4.78 is 1.07. The van der Waals surface area contributed by atoms with Gasteiger partial charge in [0, 0.05) is 14.3 Å². The normalized spacial score (nSPS) is 10.1. The van der Waals surface area contributed by atoms with Crippen molar-refractivity contribution in [2.24, 2.45) is 0 Å². The molecule has 0 saturated heterocycles. The number of aromatic carboxylic acids is 1. The topological polar surface area (TPSA) is 49.3 Å². The van der Waals surface area contributed by atoms with Crippen molar-refractivity contribution in [1.82, 2.24) is 0 Å². The van der Waals surface area contributed by atoms with E-state index in [1.807, 2.05) is 24.3 Å². The molecule has 2 aromatic carbocycles. The highest BCUT2D eigenvalue weighted by Gasteiger charge is 2.10. The van der Waals surface area contributed by atoms with Crippen molar-refractivity contribution in [1.29, 1.82) is 0 Å². The van der Waals surface area contributed by atoms with Crippen LogP contribution in [0.25, 0.3) is 0 Å². The average Bonchev–Trinajstić information content (AvgIpc) is 2.31. The summed E-state index contributed by atoms with van der Waals surface area (Å²) in [6, 6.07) is 12.4. The molecule has 0 spiro atoms. The maximum atomic E-state index is 11.1. The number of anilines is 2. The Bertz CT molecular complexity index is 601. The molecule has 0 heterocycles. The van der Waals surface area contributed by atoms with E-state index >= 15 is 0 Å². The number of benzene rings is 2. The van der Waals surface area contributed by atoms with Gasteiger partial charge in [-0.2, -0.15) is 0 Å². The number of carboxylic acid groups (broad SMARTS) is 1. The molecular formula is C13H9ClINO2. The minimum absolute atomic E-state index is 0.154. The van der Waals surface area contributed by atoms with Crippen molar-refractivity contribution in [3.63, 3.8) is 0 Å². The van der Waals surface area contributed by atoms with E-state index in [0.29, 0.717) is 10.7 Å². The first-order valence-electron chi connectivity index (χ1n) is 5.12. The molecule has 18 heavy (non-hydrogen) atoms. The van der Waals surface area contributed by atoms with Crippen molar-refractivity contribution < 1.29 is 9.90 Å². The lowest BCUT2D eigenvalue weighted by molar-refractivity contribution is 0.0698. The number of nitrogens with one attached hydrogen (secondary N) is 1. The van der Waals surface area contributed by atoms with Crippen LogP contribution in [0.2, 0.25) is 5.02 Å². The van der Waals surface area contributed by atoms with Crippen LogP contribution in [0, 0.1) is 3.57 Å². The van der Waals surface area contributed by atoms with E-state index < -0.39 is 5.97 Å². The predicted molar refractivity (Wildman–Crippen MR) is 80.9 cm³/mol. The van der Waals surface area contributed by atoms with Crippen LogP contribution in [-0.4, -0.2) is 11.1 Å². The maximum absolute atomic E-state index is 11.1. The van der Waals surface area contributed by atoms with Crippen LogP contribution in [-0.2, 0) is 0 Å². The second-order valence-corrected chi connectivity index (χ2v) is 5.31. The van der Waals surface area contributed by atoms with Gasteiger partial charge in [-0.3, -0.25) is 0 Å². The lowest BCUT2D eigenvalue weighted by Crippen LogP contribution is -2.02. The first-order chi connectivity index (χ1) is 8.56. The van der Waals surface area contributed by atoms with Crippen LogP contribution in [0.15, 0.2) is 42.5 Å². The maximum Gasteiger partial charge on any atom is 0.337 e. The Hall–Kier alpha value is -1.27. The van der Waals surface area contributed by atoms with E-state index in [4.69, 9.17) is 16.7 Å². The van der Waals surface area contributed by atoms with Crippen LogP contribution in [0.4, 0.5) is 11.4 Å². The Kier molecular flexibility index (Phi) is 4.08. The van der Waals surface area contributed by atoms with Crippen molar-refractivity contribution in [3.8, 4) is 0 Å². The van der Waals surface area contributed by atoms with Gasteiger partial charge in [0.2, 0.25) is 0 Å². The first kappa shape index (κ1) is 13.2. The fourth-order valence-electron chi connectivity index (χ4n) is 1.52. The predicted octanol–water partition coefficient (Wildman–Crippen LogP) is 4.39. The van der Waals surface area contributed by atoms with Crippen LogP contribution < -0.4 is 5.32 Å². The van der Waals surface area contributed by atoms with Crippen molar-refractivity contribution in [2.45, 2.75) is 0 Å². The second kappa shape index (κ2) is 5.58. The van der Waals surface area contributed by atoms with Crippen molar-refractivity contribution in [2.75, 3.05) is 5.32 Å². The van der Waals surface area contributed by atoms with Crippen molar-refractivity contribution in [3.05, 3.63) is 56.6 Å². The molecule has 0 atom stereocenters. The first-order valence-corrected chi connectivity index (χ1v) is 6.57. The number of carbonyl (C=O) groups is 1. The van der Waals surface area contributed by atoms with Gasteiger partial charge in [0.05, 0.1) is 11.3 Å². The van der Waals surface area contributed by atoms with Crippen molar-refractivity contribution >= 4 is 51.5 Å². The quantitative estimate of drug-likeness (QED) is 0.785. The molecule has 0 unspecified atom stereocenters. The zero-order chi connectivity index (χ0) is 13.1. The molecule has 0 aromatic heterocycles. The van der Waals surface area contributed by atoms with E-state index in [1.54, 1.807) is 12.1 Å². The number of hydrogen-bond acceptors (Lipinski definition) is 2. The van der Waals surface area contributed by atoms with E-state index in [0.717, 1.165) is 9.26 Å². The molecule has 2 rings (SSSR count).